The van der Waals surface area contributed by atoms with E-state index >= 15 is 0 Å². The molecule has 3 N–H and O–H groups in total. The molecule has 1 saturated carbocycles. The molecule has 8 heteroatoms. The summed E-state index contributed by atoms with van der Waals surface area (Å²) in [5, 5.41) is 15.7. The lowest BCUT2D eigenvalue weighted by atomic mass is 9.93. The van der Waals surface area contributed by atoms with Crippen molar-refractivity contribution in [1.29, 1.82) is 0 Å². The van der Waals surface area contributed by atoms with Crippen LogP contribution in [0.5, 0.6) is 0 Å². The molecule has 2 amide bonds. The van der Waals surface area contributed by atoms with Crippen LogP contribution >= 0.6 is 0 Å². The first-order chi connectivity index (χ1) is 14.0. The van der Waals surface area contributed by atoms with Crippen LogP contribution in [0.25, 0.3) is 10.8 Å². The molecule has 0 saturated heterocycles. The van der Waals surface area contributed by atoms with Gasteiger partial charge in [-0.3, -0.25) is 24.6 Å². The summed E-state index contributed by atoms with van der Waals surface area (Å²) in [6, 6.07) is 8.26. The molecule has 0 unspecified atom stereocenters. The third-order valence-electron chi connectivity index (χ3n) is 5.91. The molecule has 2 aliphatic rings. The molecule has 1 heterocycles. The zero-order chi connectivity index (χ0) is 20.5. The van der Waals surface area contributed by atoms with Gasteiger partial charge in [0, 0.05) is 41.7 Å². The standard InChI is InChI=1S/C21H24N4O4/c22-17-7-4-8-18(17)23-9-1-2-10-24-20(26)15-6-3-5-13-11-14(25(28)29)12-16(19(13)15)21(24)27/h3,5-6,11-12,17-18,23H,1-2,4,7-10,22H2/t17-,18-/m0/s1. The van der Waals surface area contributed by atoms with Crippen LogP contribution in [0.15, 0.2) is 30.3 Å². The number of nitro benzene ring substituents is 1. The van der Waals surface area contributed by atoms with Crippen LogP contribution in [0.2, 0.25) is 0 Å². The van der Waals surface area contributed by atoms with E-state index in [4.69, 9.17) is 5.73 Å². The number of amides is 2. The molecule has 0 bridgehead atoms. The van der Waals surface area contributed by atoms with Gasteiger partial charge < -0.3 is 11.1 Å². The SMILES string of the molecule is N[C@H]1CCC[C@@H]1NCCCCN1C(=O)c2cccc3cc([N+](=O)[O-])cc(c23)C1=O. The predicted octanol–water partition coefficient (Wildman–Crippen LogP) is 2.59. The van der Waals surface area contributed by atoms with Crippen molar-refractivity contribution < 1.29 is 14.5 Å². The first-order valence-electron chi connectivity index (χ1n) is 10.0. The molecule has 2 atom stereocenters. The molecule has 8 nitrogen and oxygen atoms in total. The second-order valence-corrected chi connectivity index (χ2v) is 7.78. The van der Waals surface area contributed by atoms with Crippen molar-refractivity contribution in [2.75, 3.05) is 13.1 Å². The number of carbonyl (C=O) groups is 2. The maximum Gasteiger partial charge on any atom is 0.270 e. The fourth-order valence-electron chi connectivity index (χ4n) is 4.38. The average molecular weight is 396 g/mol. The Morgan fingerprint density at radius 3 is 2.66 bits per heavy atom. The Morgan fingerprint density at radius 2 is 1.93 bits per heavy atom. The Bertz CT molecular complexity index is 990. The normalized spacial score (nSPS) is 21.2. The summed E-state index contributed by atoms with van der Waals surface area (Å²) in [6.45, 7) is 1.07. The van der Waals surface area contributed by atoms with Gasteiger partial charge in [0.05, 0.1) is 10.5 Å². The summed E-state index contributed by atoms with van der Waals surface area (Å²) in [5.41, 5.74) is 6.55. The summed E-state index contributed by atoms with van der Waals surface area (Å²) in [7, 11) is 0. The number of nitrogens with one attached hydrogen (secondary N) is 1. The predicted molar refractivity (Wildman–Crippen MR) is 109 cm³/mol. The number of nitro groups is 1. The fourth-order valence-corrected chi connectivity index (χ4v) is 4.38. The number of carbonyl (C=O) groups excluding carboxylic acids is 2. The van der Waals surface area contributed by atoms with E-state index < -0.39 is 10.8 Å². The highest BCUT2D eigenvalue weighted by molar-refractivity contribution is 6.25. The molecule has 0 aromatic heterocycles. The molecule has 1 aliphatic heterocycles. The lowest BCUT2D eigenvalue weighted by Crippen LogP contribution is -2.42. The Kier molecular flexibility index (Phi) is 5.29. The fraction of sp³-hybridized carbons (Fsp3) is 0.429. The molecule has 0 spiro atoms. The van der Waals surface area contributed by atoms with E-state index in [0.29, 0.717) is 28.8 Å². The lowest BCUT2D eigenvalue weighted by molar-refractivity contribution is -0.384. The molecular weight excluding hydrogens is 372 g/mol. The third-order valence-corrected chi connectivity index (χ3v) is 5.91. The summed E-state index contributed by atoms with van der Waals surface area (Å²) in [4.78, 5) is 37.8. The van der Waals surface area contributed by atoms with Gasteiger partial charge in [-0.05, 0) is 43.7 Å². The molecule has 152 valence electrons. The van der Waals surface area contributed by atoms with Gasteiger partial charge in [-0.25, -0.2) is 0 Å². The Balaban J connectivity index is 1.47. The van der Waals surface area contributed by atoms with Crippen LogP contribution in [-0.2, 0) is 0 Å². The molecule has 4 rings (SSSR count). The second-order valence-electron chi connectivity index (χ2n) is 7.78. The number of nitrogens with two attached hydrogens (primary N) is 1. The van der Waals surface area contributed by atoms with Crippen molar-refractivity contribution >= 4 is 28.3 Å². The highest BCUT2D eigenvalue weighted by Gasteiger charge is 2.34. The maximum absolute atomic E-state index is 13.0. The summed E-state index contributed by atoms with van der Waals surface area (Å²) >= 11 is 0. The Hall–Kier alpha value is -2.84. The monoisotopic (exact) mass is 396 g/mol. The Labute approximate surface area is 168 Å². The smallest absolute Gasteiger partial charge is 0.270 e. The van der Waals surface area contributed by atoms with Gasteiger partial charge in [-0.2, -0.15) is 0 Å². The summed E-state index contributed by atoms with van der Waals surface area (Å²) < 4.78 is 0. The van der Waals surface area contributed by atoms with Crippen molar-refractivity contribution in [2.45, 2.75) is 44.2 Å². The van der Waals surface area contributed by atoms with E-state index in [2.05, 4.69) is 5.32 Å². The minimum absolute atomic E-state index is 0.149. The number of imide groups is 1. The minimum atomic E-state index is -0.518. The van der Waals surface area contributed by atoms with Gasteiger partial charge in [0.25, 0.3) is 17.5 Å². The van der Waals surface area contributed by atoms with E-state index in [1.54, 1.807) is 18.2 Å². The maximum atomic E-state index is 13.0. The molecule has 2 aromatic rings. The van der Waals surface area contributed by atoms with Crippen molar-refractivity contribution in [3.05, 3.63) is 51.6 Å². The zero-order valence-corrected chi connectivity index (χ0v) is 16.1. The molecular formula is C21H24N4O4. The summed E-state index contributed by atoms with van der Waals surface area (Å²) in [5.74, 6) is -0.805. The first-order valence-corrected chi connectivity index (χ1v) is 10.0. The van der Waals surface area contributed by atoms with Crippen molar-refractivity contribution in [2.24, 2.45) is 5.73 Å². The van der Waals surface area contributed by atoms with E-state index in [-0.39, 0.29) is 29.7 Å². The number of nitrogens with zero attached hydrogens (tertiary/aromatic N) is 2. The van der Waals surface area contributed by atoms with E-state index in [9.17, 15) is 19.7 Å². The number of non-ortho nitro benzene ring substituents is 1. The van der Waals surface area contributed by atoms with Gasteiger partial charge >= 0.3 is 0 Å². The average Bonchev–Trinajstić information content (AvgIpc) is 3.12. The van der Waals surface area contributed by atoms with Crippen molar-refractivity contribution in [3.8, 4) is 0 Å². The zero-order valence-electron chi connectivity index (χ0n) is 16.1. The van der Waals surface area contributed by atoms with Crippen LogP contribution in [-0.4, -0.2) is 46.8 Å². The van der Waals surface area contributed by atoms with E-state index in [1.165, 1.54) is 17.0 Å². The summed E-state index contributed by atoms with van der Waals surface area (Å²) in [6.07, 6.45) is 4.75. The number of rotatable bonds is 7. The van der Waals surface area contributed by atoms with Gasteiger partial charge in [0.2, 0.25) is 0 Å². The Morgan fingerprint density at radius 1 is 1.14 bits per heavy atom. The van der Waals surface area contributed by atoms with Crippen LogP contribution in [0.1, 0.15) is 52.8 Å². The third kappa shape index (κ3) is 3.61. The highest BCUT2D eigenvalue weighted by atomic mass is 16.6. The van der Waals surface area contributed by atoms with Crippen LogP contribution in [0.3, 0.4) is 0 Å². The van der Waals surface area contributed by atoms with Crippen LogP contribution in [0, 0.1) is 10.1 Å². The first kappa shape index (κ1) is 19.5. The van der Waals surface area contributed by atoms with Gasteiger partial charge in [0.1, 0.15) is 0 Å². The molecule has 1 fully saturated rings. The minimum Gasteiger partial charge on any atom is -0.326 e. The molecule has 0 radical (unpaired) electrons. The van der Waals surface area contributed by atoms with Crippen LogP contribution < -0.4 is 11.1 Å². The largest absolute Gasteiger partial charge is 0.326 e. The van der Waals surface area contributed by atoms with Crippen LogP contribution in [0.4, 0.5) is 5.69 Å². The second kappa shape index (κ2) is 7.88. The lowest BCUT2D eigenvalue weighted by Gasteiger charge is -2.27. The van der Waals surface area contributed by atoms with E-state index in [0.717, 1.165) is 32.2 Å². The quantitative estimate of drug-likeness (QED) is 0.321. The van der Waals surface area contributed by atoms with Gasteiger partial charge in [-0.15, -0.1) is 0 Å². The topological polar surface area (TPSA) is 119 Å². The van der Waals surface area contributed by atoms with Crippen molar-refractivity contribution in [1.82, 2.24) is 10.2 Å². The molecule has 2 aromatic carbocycles. The number of hydrogen-bond acceptors (Lipinski definition) is 6. The van der Waals surface area contributed by atoms with Crippen molar-refractivity contribution in [3.63, 3.8) is 0 Å². The number of unbranched alkanes of at least 4 members (excludes halogenated alkanes) is 1. The number of hydrogen-bond donors (Lipinski definition) is 2. The van der Waals surface area contributed by atoms with Gasteiger partial charge in [-0.1, -0.05) is 18.6 Å². The highest BCUT2D eigenvalue weighted by Crippen LogP contribution is 2.33. The number of benzene rings is 2. The molecule has 29 heavy (non-hydrogen) atoms. The molecule has 1 aliphatic carbocycles. The van der Waals surface area contributed by atoms with Gasteiger partial charge in [0.15, 0.2) is 0 Å². The van der Waals surface area contributed by atoms with E-state index in [1.807, 2.05) is 0 Å².